The maximum absolute atomic E-state index is 12.8. The Balaban J connectivity index is 1.66. The van der Waals surface area contributed by atoms with Crippen LogP contribution in [0.5, 0.6) is 0 Å². The molecular weight excluding hydrogens is 314 g/mol. The van der Waals surface area contributed by atoms with E-state index in [0.29, 0.717) is 17.4 Å². The van der Waals surface area contributed by atoms with E-state index in [1.54, 1.807) is 0 Å². The van der Waals surface area contributed by atoms with Gasteiger partial charge >= 0.3 is 5.97 Å². The van der Waals surface area contributed by atoms with Gasteiger partial charge in [-0.15, -0.1) is 0 Å². The minimum absolute atomic E-state index is 0.0472. The maximum Gasteiger partial charge on any atom is 0.314 e. The van der Waals surface area contributed by atoms with Crippen molar-refractivity contribution in [2.75, 3.05) is 31.1 Å². The molecule has 0 spiro atoms. The van der Waals surface area contributed by atoms with Crippen molar-refractivity contribution < 1.29 is 17.9 Å². The third-order valence-corrected chi connectivity index (χ3v) is 7.43. The number of hydrogen-bond acceptors (Lipinski definition) is 5. The molecule has 0 aromatic carbocycles. The molecule has 3 rings (SSSR count). The van der Waals surface area contributed by atoms with Crippen LogP contribution in [-0.2, 0) is 19.4 Å². The van der Waals surface area contributed by atoms with Crippen LogP contribution in [0.1, 0.15) is 46.5 Å². The minimum Gasteiger partial charge on any atom is -0.459 e. The van der Waals surface area contributed by atoms with Crippen molar-refractivity contribution in [2.24, 2.45) is 17.3 Å². The van der Waals surface area contributed by atoms with Gasteiger partial charge < -0.3 is 9.64 Å². The summed E-state index contributed by atoms with van der Waals surface area (Å²) in [6, 6.07) is 0. The fourth-order valence-electron chi connectivity index (χ4n) is 4.63. The van der Waals surface area contributed by atoms with Crippen molar-refractivity contribution in [3.63, 3.8) is 0 Å². The summed E-state index contributed by atoms with van der Waals surface area (Å²) in [5.41, 5.74) is -0.809. The number of esters is 1. The van der Waals surface area contributed by atoms with Crippen molar-refractivity contribution in [3.8, 4) is 0 Å². The first kappa shape index (κ1) is 17.2. The lowest BCUT2D eigenvalue weighted by Gasteiger charge is -2.31. The molecule has 0 bridgehead atoms. The number of nitrogens with zero attached hydrogens (tertiary/aromatic N) is 1. The molecule has 2 heterocycles. The molecule has 6 heteroatoms. The summed E-state index contributed by atoms with van der Waals surface area (Å²) in [6.07, 6.45) is 3.85. The van der Waals surface area contributed by atoms with Gasteiger partial charge in [-0.3, -0.25) is 4.79 Å². The fraction of sp³-hybridized carbons (Fsp3) is 0.941. The normalized spacial score (nSPS) is 37.0. The standard InChI is InChI=1S/C17H29NO4S/c1-16(2,3)22-15(19)17-7-4-5-14(17)10-18(12-17)9-13-6-8-23(20,21)11-13/h13-14H,4-12H2,1-3H3/t13-,14-,17+/m0/s1. The van der Waals surface area contributed by atoms with Crippen LogP contribution in [0.15, 0.2) is 0 Å². The Morgan fingerprint density at radius 1 is 1.30 bits per heavy atom. The number of fused-ring (bicyclic) bond motifs is 1. The number of rotatable bonds is 3. The monoisotopic (exact) mass is 343 g/mol. The summed E-state index contributed by atoms with van der Waals surface area (Å²) < 4.78 is 29.0. The Labute approximate surface area is 139 Å². The predicted octanol–water partition coefficient (Wildman–Crippen LogP) is 1.86. The molecule has 23 heavy (non-hydrogen) atoms. The first-order valence-corrected chi connectivity index (χ1v) is 10.6. The molecule has 132 valence electrons. The summed E-state index contributed by atoms with van der Waals surface area (Å²) in [4.78, 5) is 15.1. The number of ether oxygens (including phenoxy) is 1. The van der Waals surface area contributed by atoms with Crippen LogP contribution in [0.4, 0.5) is 0 Å². The average molecular weight is 343 g/mol. The number of carbonyl (C=O) groups excluding carboxylic acids is 1. The van der Waals surface area contributed by atoms with Crippen LogP contribution in [0.25, 0.3) is 0 Å². The van der Waals surface area contributed by atoms with Crippen molar-refractivity contribution in [2.45, 2.75) is 52.1 Å². The van der Waals surface area contributed by atoms with Crippen molar-refractivity contribution in [1.29, 1.82) is 0 Å². The van der Waals surface area contributed by atoms with E-state index in [4.69, 9.17) is 4.74 Å². The summed E-state index contributed by atoms with van der Waals surface area (Å²) in [7, 11) is -2.83. The predicted molar refractivity (Wildman–Crippen MR) is 88.8 cm³/mol. The van der Waals surface area contributed by atoms with Gasteiger partial charge in [-0.05, 0) is 51.9 Å². The first-order chi connectivity index (χ1) is 10.6. The van der Waals surface area contributed by atoms with Gasteiger partial charge in [-0.25, -0.2) is 8.42 Å². The Bertz CT molecular complexity index is 580. The van der Waals surface area contributed by atoms with Crippen molar-refractivity contribution >= 4 is 15.8 Å². The summed E-state index contributed by atoms with van der Waals surface area (Å²) in [5.74, 6) is 1.19. The average Bonchev–Trinajstić information content (AvgIpc) is 3.00. The summed E-state index contributed by atoms with van der Waals surface area (Å²) in [5, 5.41) is 0. The molecule has 0 amide bonds. The van der Waals surface area contributed by atoms with Crippen LogP contribution in [-0.4, -0.2) is 56.0 Å². The van der Waals surface area contributed by atoms with Crippen LogP contribution in [0.2, 0.25) is 0 Å². The second-order valence-electron chi connectivity index (χ2n) is 8.71. The van der Waals surface area contributed by atoms with E-state index in [-0.39, 0.29) is 17.3 Å². The molecule has 0 aromatic heterocycles. The lowest BCUT2D eigenvalue weighted by atomic mass is 9.80. The van der Waals surface area contributed by atoms with Gasteiger partial charge in [0.15, 0.2) is 9.84 Å². The zero-order valence-corrected chi connectivity index (χ0v) is 15.3. The quantitative estimate of drug-likeness (QED) is 0.732. The van der Waals surface area contributed by atoms with E-state index in [1.165, 1.54) is 0 Å². The molecular formula is C17H29NO4S. The van der Waals surface area contributed by atoms with Gasteiger partial charge in [0.2, 0.25) is 0 Å². The van der Waals surface area contributed by atoms with E-state index < -0.39 is 15.4 Å². The van der Waals surface area contributed by atoms with E-state index in [1.807, 2.05) is 20.8 Å². The number of sulfone groups is 1. The highest BCUT2D eigenvalue weighted by atomic mass is 32.2. The lowest BCUT2D eigenvalue weighted by Crippen LogP contribution is -2.41. The van der Waals surface area contributed by atoms with E-state index in [2.05, 4.69) is 4.90 Å². The maximum atomic E-state index is 12.8. The Hall–Kier alpha value is -0.620. The van der Waals surface area contributed by atoms with Crippen LogP contribution in [0, 0.1) is 17.3 Å². The lowest BCUT2D eigenvalue weighted by molar-refractivity contribution is -0.168. The van der Waals surface area contributed by atoms with Gasteiger partial charge in [0.25, 0.3) is 0 Å². The van der Waals surface area contributed by atoms with E-state index in [9.17, 15) is 13.2 Å². The molecule has 1 aliphatic carbocycles. The first-order valence-electron chi connectivity index (χ1n) is 8.76. The molecule has 0 radical (unpaired) electrons. The highest BCUT2D eigenvalue weighted by Crippen LogP contribution is 2.50. The van der Waals surface area contributed by atoms with Gasteiger partial charge in [0.1, 0.15) is 5.60 Å². The largest absolute Gasteiger partial charge is 0.459 e. The summed E-state index contributed by atoms with van der Waals surface area (Å²) in [6.45, 7) is 8.21. The van der Waals surface area contributed by atoms with Gasteiger partial charge in [-0.2, -0.15) is 0 Å². The van der Waals surface area contributed by atoms with Gasteiger partial charge in [-0.1, -0.05) is 6.42 Å². The van der Waals surface area contributed by atoms with Gasteiger partial charge in [0, 0.05) is 19.6 Å². The molecule has 0 aromatic rings. The Morgan fingerprint density at radius 2 is 2.04 bits per heavy atom. The topological polar surface area (TPSA) is 63.7 Å². The van der Waals surface area contributed by atoms with E-state index >= 15 is 0 Å². The number of hydrogen-bond donors (Lipinski definition) is 0. The van der Waals surface area contributed by atoms with Crippen LogP contribution >= 0.6 is 0 Å². The molecule has 0 unspecified atom stereocenters. The van der Waals surface area contributed by atoms with Crippen LogP contribution in [0.3, 0.4) is 0 Å². The molecule has 2 saturated heterocycles. The minimum atomic E-state index is -2.83. The van der Waals surface area contributed by atoms with Crippen molar-refractivity contribution in [1.82, 2.24) is 4.90 Å². The second-order valence-corrected chi connectivity index (χ2v) is 10.9. The zero-order chi connectivity index (χ0) is 16.9. The number of likely N-dealkylation sites (tertiary alicyclic amines) is 1. The highest BCUT2D eigenvalue weighted by molar-refractivity contribution is 7.91. The summed E-state index contributed by atoms with van der Waals surface area (Å²) >= 11 is 0. The molecule has 2 aliphatic heterocycles. The highest BCUT2D eigenvalue weighted by Gasteiger charge is 2.56. The van der Waals surface area contributed by atoms with Gasteiger partial charge in [0.05, 0.1) is 16.9 Å². The fourth-order valence-corrected chi connectivity index (χ4v) is 6.48. The smallest absolute Gasteiger partial charge is 0.314 e. The van der Waals surface area contributed by atoms with E-state index in [0.717, 1.165) is 45.3 Å². The van der Waals surface area contributed by atoms with Crippen LogP contribution < -0.4 is 0 Å². The second kappa shape index (κ2) is 5.73. The molecule has 3 aliphatic rings. The third-order valence-electron chi connectivity index (χ3n) is 5.59. The Kier molecular flexibility index (Phi) is 4.28. The molecule has 3 fully saturated rings. The zero-order valence-electron chi connectivity index (χ0n) is 14.5. The Morgan fingerprint density at radius 3 is 2.65 bits per heavy atom. The molecule has 3 atom stereocenters. The number of carbonyl (C=O) groups is 1. The molecule has 1 saturated carbocycles. The molecule has 5 nitrogen and oxygen atoms in total. The molecule has 0 N–H and O–H groups in total. The SMILES string of the molecule is CC(C)(C)OC(=O)[C@@]12CCC[C@H]1CN(C[C@@H]1CCS(=O)(=O)C1)C2. The van der Waals surface area contributed by atoms with Crippen molar-refractivity contribution in [3.05, 3.63) is 0 Å². The third kappa shape index (κ3) is 3.58.